The van der Waals surface area contributed by atoms with Crippen molar-refractivity contribution in [2.24, 2.45) is 0 Å². The summed E-state index contributed by atoms with van der Waals surface area (Å²) in [6, 6.07) is 10.6. The van der Waals surface area contributed by atoms with Crippen molar-refractivity contribution in [1.29, 1.82) is 0 Å². The summed E-state index contributed by atoms with van der Waals surface area (Å²) >= 11 is 7.66. The van der Waals surface area contributed by atoms with Crippen molar-refractivity contribution in [2.75, 3.05) is 13.2 Å². The maximum absolute atomic E-state index is 12.5. The Balaban J connectivity index is 1.67. The van der Waals surface area contributed by atoms with Gasteiger partial charge in [0.15, 0.2) is 0 Å². The summed E-state index contributed by atoms with van der Waals surface area (Å²) in [7, 11) is 0. The lowest BCUT2D eigenvalue weighted by molar-refractivity contribution is -0.155. The highest BCUT2D eigenvalue weighted by Gasteiger charge is 2.34. The highest BCUT2D eigenvalue weighted by atomic mass is 35.5. The summed E-state index contributed by atoms with van der Waals surface area (Å²) in [4.78, 5) is 27.3. The first-order valence-electron chi connectivity index (χ1n) is 7.56. The zero-order valence-corrected chi connectivity index (χ0v) is 14.5. The average Bonchev–Trinajstić information content (AvgIpc) is 3.09. The van der Waals surface area contributed by atoms with Crippen molar-refractivity contribution in [2.45, 2.75) is 19.1 Å². The number of nitrogens with one attached hydrogen (secondary N) is 1. The topological polar surface area (TPSA) is 58.6 Å². The van der Waals surface area contributed by atoms with Crippen LogP contribution in [0.1, 0.15) is 10.4 Å². The van der Waals surface area contributed by atoms with Crippen LogP contribution in [0.15, 0.2) is 41.8 Å². The van der Waals surface area contributed by atoms with E-state index in [1.807, 2.05) is 35.7 Å². The first-order valence-corrected chi connectivity index (χ1v) is 8.81. The molecule has 7 heteroatoms. The Bertz CT molecular complexity index is 720. The Labute approximate surface area is 149 Å². The van der Waals surface area contributed by atoms with E-state index >= 15 is 0 Å². The van der Waals surface area contributed by atoms with Gasteiger partial charge in [-0.05, 0) is 23.1 Å². The Morgan fingerprint density at radius 3 is 2.92 bits per heavy atom. The van der Waals surface area contributed by atoms with Gasteiger partial charge in [0.25, 0.3) is 0 Å². The SMILES string of the molecule is O=C(NCc1ccccc1Cl)[C@@H]1COCC(=O)N1Cc1cccs1. The second-order valence-corrected chi connectivity index (χ2v) is 6.88. The van der Waals surface area contributed by atoms with Crippen molar-refractivity contribution < 1.29 is 14.3 Å². The van der Waals surface area contributed by atoms with Gasteiger partial charge in [0.1, 0.15) is 12.6 Å². The third kappa shape index (κ3) is 3.95. The number of rotatable bonds is 5. The molecule has 0 radical (unpaired) electrons. The van der Waals surface area contributed by atoms with E-state index in [9.17, 15) is 9.59 Å². The molecule has 0 spiro atoms. The molecule has 0 aliphatic carbocycles. The first-order chi connectivity index (χ1) is 11.6. The maximum Gasteiger partial charge on any atom is 0.249 e. The zero-order valence-electron chi connectivity index (χ0n) is 12.9. The molecule has 2 aromatic rings. The molecule has 24 heavy (non-hydrogen) atoms. The summed E-state index contributed by atoms with van der Waals surface area (Å²) in [5.74, 6) is -0.410. The fourth-order valence-corrected chi connectivity index (χ4v) is 3.44. The lowest BCUT2D eigenvalue weighted by Gasteiger charge is -2.34. The monoisotopic (exact) mass is 364 g/mol. The van der Waals surface area contributed by atoms with Gasteiger partial charge in [-0.2, -0.15) is 0 Å². The Morgan fingerprint density at radius 1 is 1.33 bits per heavy atom. The van der Waals surface area contributed by atoms with E-state index in [2.05, 4.69) is 5.32 Å². The Kier molecular flexibility index (Phi) is 5.50. The second-order valence-electron chi connectivity index (χ2n) is 5.44. The molecule has 126 valence electrons. The number of ether oxygens (including phenoxy) is 1. The lowest BCUT2D eigenvalue weighted by Crippen LogP contribution is -2.55. The van der Waals surface area contributed by atoms with Crippen molar-refractivity contribution in [1.82, 2.24) is 10.2 Å². The molecule has 1 aliphatic heterocycles. The van der Waals surface area contributed by atoms with Crippen LogP contribution in [0.4, 0.5) is 0 Å². The van der Waals surface area contributed by atoms with Gasteiger partial charge in [-0.3, -0.25) is 9.59 Å². The lowest BCUT2D eigenvalue weighted by atomic mass is 10.1. The van der Waals surface area contributed by atoms with E-state index in [0.717, 1.165) is 10.4 Å². The fraction of sp³-hybridized carbons (Fsp3) is 0.294. The van der Waals surface area contributed by atoms with Gasteiger partial charge in [0.2, 0.25) is 11.8 Å². The predicted octanol–water partition coefficient (Wildman–Crippen LogP) is 2.45. The van der Waals surface area contributed by atoms with Crippen LogP contribution in [0.2, 0.25) is 5.02 Å². The standard InChI is InChI=1S/C17H17ClN2O3S/c18-14-6-2-1-4-12(14)8-19-17(22)15-10-23-11-16(21)20(15)9-13-5-3-7-24-13/h1-7,15H,8-11H2,(H,19,22)/t15-/m0/s1. The van der Waals surface area contributed by atoms with Crippen LogP contribution in [0.3, 0.4) is 0 Å². The summed E-state index contributed by atoms with van der Waals surface area (Å²) in [5.41, 5.74) is 0.834. The minimum absolute atomic E-state index is 0.0136. The van der Waals surface area contributed by atoms with Crippen LogP contribution in [0.5, 0.6) is 0 Å². The van der Waals surface area contributed by atoms with Crippen molar-refractivity contribution in [3.8, 4) is 0 Å². The fourth-order valence-electron chi connectivity index (χ4n) is 2.53. The first kappa shape index (κ1) is 17.0. The zero-order chi connectivity index (χ0) is 16.9. The van der Waals surface area contributed by atoms with Crippen LogP contribution in [0.25, 0.3) is 0 Å². The van der Waals surface area contributed by atoms with Crippen LogP contribution >= 0.6 is 22.9 Å². The molecule has 0 unspecified atom stereocenters. The van der Waals surface area contributed by atoms with Crippen molar-refractivity contribution >= 4 is 34.8 Å². The van der Waals surface area contributed by atoms with Crippen molar-refractivity contribution in [3.05, 3.63) is 57.2 Å². The number of hydrogen-bond donors (Lipinski definition) is 1. The highest BCUT2D eigenvalue weighted by molar-refractivity contribution is 7.09. The third-order valence-corrected chi connectivity index (χ3v) is 5.05. The average molecular weight is 365 g/mol. The number of nitrogens with zero attached hydrogens (tertiary/aromatic N) is 1. The number of carbonyl (C=O) groups is 2. The van der Waals surface area contributed by atoms with Crippen LogP contribution < -0.4 is 5.32 Å². The molecular weight excluding hydrogens is 348 g/mol. The van der Waals surface area contributed by atoms with E-state index in [0.29, 0.717) is 18.1 Å². The summed E-state index contributed by atoms with van der Waals surface area (Å²) in [6.45, 7) is 0.950. The van der Waals surface area contributed by atoms with Crippen LogP contribution in [0, 0.1) is 0 Å². The minimum Gasteiger partial charge on any atom is -0.369 e. The molecule has 1 aliphatic rings. The Morgan fingerprint density at radius 2 is 2.17 bits per heavy atom. The number of thiophene rings is 1. The van der Waals surface area contributed by atoms with E-state index in [4.69, 9.17) is 16.3 Å². The molecule has 0 bridgehead atoms. The van der Waals surface area contributed by atoms with E-state index in [1.54, 1.807) is 22.3 Å². The van der Waals surface area contributed by atoms with Gasteiger partial charge >= 0.3 is 0 Å². The highest BCUT2D eigenvalue weighted by Crippen LogP contribution is 2.18. The van der Waals surface area contributed by atoms with Gasteiger partial charge in [-0.25, -0.2) is 0 Å². The molecule has 5 nitrogen and oxygen atoms in total. The van der Waals surface area contributed by atoms with Gasteiger partial charge < -0.3 is 15.0 Å². The number of amides is 2. The minimum atomic E-state index is -0.629. The van der Waals surface area contributed by atoms with Gasteiger partial charge in [-0.1, -0.05) is 35.9 Å². The normalized spacial score (nSPS) is 17.8. The number of halogens is 1. The summed E-state index contributed by atoms with van der Waals surface area (Å²) < 4.78 is 5.27. The molecule has 2 heterocycles. The molecule has 1 N–H and O–H groups in total. The molecular formula is C17H17ClN2O3S. The molecule has 3 rings (SSSR count). The number of benzene rings is 1. The largest absolute Gasteiger partial charge is 0.369 e. The molecule has 1 atom stereocenters. The molecule has 1 saturated heterocycles. The summed E-state index contributed by atoms with van der Waals surface area (Å²) in [5, 5.41) is 5.40. The predicted molar refractivity (Wildman–Crippen MR) is 92.8 cm³/mol. The van der Waals surface area contributed by atoms with Crippen LogP contribution in [-0.2, 0) is 27.4 Å². The quantitative estimate of drug-likeness (QED) is 0.886. The maximum atomic E-state index is 12.5. The molecule has 1 fully saturated rings. The van der Waals surface area contributed by atoms with E-state index in [1.165, 1.54) is 0 Å². The molecule has 0 saturated carbocycles. The van der Waals surface area contributed by atoms with Gasteiger partial charge in [0.05, 0.1) is 13.2 Å². The number of hydrogen-bond acceptors (Lipinski definition) is 4. The van der Waals surface area contributed by atoms with E-state index in [-0.39, 0.29) is 25.0 Å². The van der Waals surface area contributed by atoms with Gasteiger partial charge in [0, 0.05) is 16.4 Å². The number of morpholine rings is 1. The molecule has 1 aromatic heterocycles. The third-order valence-electron chi connectivity index (χ3n) is 3.82. The Hall–Kier alpha value is -1.89. The van der Waals surface area contributed by atoms with Crippen LogP contribution in [-0.4, -0.2) is 36.0 Å². The molecule has 2 amide bonds. The number of carbonyl (C=O) groups excluding carboxylic acids is 2. The second kappa shape index (κ2) is 7.79. The summed E-state index contributed by atoms with van der Waals surface area (Å²) in [6.07, 6.45) is 0. The van der Waals surface area contributed by atoms with Crippen molar-refractivity contribution in [3.63, 3.8) is 0 Å². The molecule has 1 aromatic carbocycles. The van der Waals surface area contributed by atoms with E-state index < -0.39 is 6.04 Å². The smallest absolute Gasteiger partial charge is 0.249 e. The van der Waals surface area contributed by atoms with Gasteiger partial charge in [-0.15, -0.1) is 11.3 Å².